The maximum absolute atomic E-state index is 11.9. The molecule has 0 bridgehead atoms. The predicted octanol–water partition coefficient (Wildman–Crippen LogP) is 5.11. The number of rotatable bonds is 2. The van der Waals surface area contributed by atoms with Gasteiger partial charge in [0, 0.05) is 9.50 Å². The standard InChI is InChI=1S/C13H9BrCl2N2O2/c14-8-3-1-2-4-10(8)17-13(20)18-11-6-7(15)5-9(16)12(11)19/h1-6,19H,(H2,17,18,20). The highest BCUT2D eigenvalue weighted by Gasteiger charge is 2.11. The molecule has 0 fully saturated rings. The number of hydrogen-bond donors (Lipinski definition) is 3. The fraction of sp³-hybridized carbons (Fsp3) is 0. The predicted molar refractivity (Wildman–Crippen MR) is 84.9 cm³/mol. The minimum Gasteiger partial charge on any atom is -0.504 e. The first-order chi connectivity index (χ1) is 9.47. The second-order valence-corrected chi connectivity index (χ2v) is 5.54. The SMILES string of the molecule is O=C(Nc1ccccc1Br)Nc1cc(Cl)cc(Cl)c1O. The highest BCUT2D eigenvalue weighted by molar-refractivity contribution is 9.10. The van der Waals surface area contributed by atoms with Crippen LogP contribution in [0, 0.1) is 0 Å². The Bertz CT molecular complexity index is 665. The summed E-state index contributed by atoms with van der Waals surface area (Å²) in [4.78, 5) is 11.9. The Kier molecular flexibility index (Phi) is 4.75. The number of halogens is 3. The van der Waals surface area contributed by atoms with Gasteiger partial charge in [-0.15, -0.1) is 0 Å². The zero-order chi connectivity index (χ0) is 14.7. The van der Waals surface area contributed by atoms with Gasteiger partial charge in [0.1, 0.15) is 0 Å². The molecular weight excluding hydrogens is 367 g/mol. The third-order valence-electron chi connectivity index (χ3n) is 2.40. The maximum atomic E-state index is 11.9. The number of phenolic OH excluding ortho intramolecular Hbond substituents is 1. The smallest absolute Gasteiger partial charge is 0.323 e. The molecule has 0 atom stereocenters. The normalized spacial score (nSPS) is 10.2. The number of phenols is 1. The summed E-state index contributed by atoms with van der Waals surface area (Å²) in [6.07, 6.45) is 0. The van der Waals surface area contributed by atoms with Crippen molar-refractivity contribution in [2.45, 2.75) is 0 Å². The molecule has 3 N–H and O–H groups in total. The van der Waals surface area contributed by atoms with Crippen LogP contribution in [0.25, 0.3) is 0 Å². The molecule has 0 saturated heterocycles. The highest BCUT2D eigenvalue weighted by atomic mass is 79.9. The van der Waals surface area contributed by atoms with E-state index < -0.39 is 6.03 Å². The first-order valence-corrected chi connectivity index (χ1v) is 7.03. The van der Waals surface area contributed by atoms with Crippen LogP contribution >= 0.6 is 39.1 Å². The molecule has 0 aliphatic heterocycles. The monoisotopic (exact) mass is 374 g/mol. The van der Waals surface area contributed by atoms with Gasteiger partial charge in [0.25, 0.3) is 0 Å². The third-order valence-corrected chi connectivity index (χ3v) is 3.60. The molecule has 2 amide bonds. The van der Waals surface area contributed by atoms with Crippen molar-refractivity contribution < 1.29 is 9.90 Å². The number of amides is 2. The lowest BCUT2D eigenvalue weighted by molar-refractivity contribution is 0.262. The number of carbonyl (C=O) groups excluding carboxylic acids is 1. The number of carbonyl (C=O) groups is 1. The lowest BCUT2D eigenvalue weighted by Gasteiger charge is -2.11. The second kappa shape index (κ2) is 6.35. The van der Waals surface area contributed by atoms with Crippen molar-refractivity contribution in [3.8, 4) is 5.75 Å². The van der Waals surface area contributed by atoms with Gasteiger partial charge < -0.3 is 15.7 Å². The average molecular weight is 376 g/mol. The molecular formula is C13H9BrCl2N2O2. The average Bonchev–Trinajstić information content (AvgIpc) is 2.38. The Hall–Kier alpha value is -1.43. The van der Waals surface area contributed by atoms with Gasteiger partial charge in [-0.25, -0.2) is 4.79 Å². The lowest BCUT2D eigenvalue weighted by atomic mass is 10.3. The fourth-order valence-corrected chi connectivity index (χ4v) is 2.38. The molecule has 2 aromatic carbocycles. The summed E-state index contributed by atoms with van der Waals surface area (Å²) in [6, 6.07) is 9.41. The number of hydrogen-bond acceptors (Lipinski definition) is 2. The maximum Gasteiger partial charge on any atom is 0.323 e. The van der Waals surface area contributed by atoms with Crippen LogP contribution in [-0.4, -0.2) is 11.1 Å². The van der Waals surface area contributed by atoms with E-state index in [1.165, 1.54) is 12.1 Å². The molecule has 7 heteroatoms. The molecule has 4 nitrogen and oxygen atoms in total. The van der Waals surface area contributed by atoms with E-state index >= 15 is 0 Å². The number of anilines is 2. The Morgan fingerprint density at radius 3 is 2.45 bits per heavy atom. The van der Waals surface area contributed by atoms with E-state index in [4.69, 9.17) is 23.2 Å². The minimum atomic E-state index is -0.523. The van der Waals surface area contributed by atoms with Crippen LogP contribution in [0.4, 0.5) is 16.2 Å². The molecule has 0 aliphatic rings. The van der Waals surface area contributed by atoms with Crippen LogP contribution in [-0.2, 0) is 0 Å². The van der Waals surface area contributed by atoms with Crippen molar-refractivity contribution in [3.63, 3.8) is 0 Å². The molecule has 0 aliphatic carbocycles. The Labute approximate surface area is 133 Å². The summed E-state index contributed by atoms with van der Waals surface area (Å²) in [5.74, 6) is -0.238. The first kappa shape index (κ1) is 15.0. The molecule has 0 radical (unpaired) electrons. The summed E-state index contributed by atoms with van der Waals surface area (Å²) in [5, 5.41) is 15.2. The van der Waals surface area contributed by atoms with Crippen LogP contribution in [0.15, 0.2) is 40.9 Å². The molecule has 0 spiro atoms. The summed E-state index contributed by atoms with van der Waals surface area (Å²) in [6.45, 7) is 0. The number of para-hydroxylation sites is 1. The Morgan fingerprint density at radius 1 is 1.10 bits per heavy atom. The third kappa shape index (κ3) is 3.56. The summed E-state index contributed by atoms with van der Waals surface area (Å²) in [7, 11) is 0. The van der Waals surface area contributed by atoms with Crippen molar-refractivity contribution in [1.29, 1.82) is 0 Å². The van der Waals surface area contributed by atoms with E-state index in [1.54, 1.807) is 18.2 Å². The molecule has 20 heavy (non-hydrogen) atoms. The van der Waals surface area contributed by atoms with Crippen molar-refractivity contribution in [1.82, 2.24) is 0 Å². The van der Waals surface area contributed by atoms with E-state index in [0.29, 0.717) is 10.7 Å². The van der Waals surface area contributed by atoms with Gasteiger partial charge in [0.05, 0.1) is 16.4 Å². The van der Waals surface area contributed by atoms with Gasteiger partial charge in [0.15, 0.2) is 5.75 Å². The zero-order valence-corrected chi connectivity index (χ0v) is 13.1. The van der Waals surface area contributed by atoms with Crippen molar-refractivity contribution in [3.05, 3.63) is 50.9 Å². The minimum absolute atomic E-state index is 0.0636. The number of benzene rings is 2. The van der Waals surface area contributed by atoms with E-state index in [1.807, 2.05) is 6.07 Å². The largest absolute Gasteiger partial charge is 0.504 e. The summed E-state index contributed by atoms with van der Waals surface area (Å²) in [5.41, 5.74) is 0.727. The van der Waals surface area contributed by atoms with Gasteiger partial charge in [-0.05, 0) is 40.2 Å². The quantitative estimate of drug-likeness (QED) is 0.639. The Morgan fingerprint density at radius 2 is 1.75 bits per heavy atom. The molecule has 0 saturated carbocycles. The number of aromatic hydroxyl groups is 1. The lowest BCUT2D eigenvalue weighted by Crippen LogP contribution is -2.19. The fourth-order valence-electron chi connectivity index (χ4n) is 1.50. The molecule has 2 rings (SSSR count). The van der Waals surface area contributed by atoms with Gasteiger partial charge in [-0.3, -0.25) is 0 Å². The van der Waals surface area contributed by atoms with Crippen LogP contribution in [0.2, 0.25) is 10.0 Å². The van der Waals surface area contributed by atoms with Gasteiger partial charge in [-0.1, -0.05) is 35.3 Å². The zero-order valence-electron chi connectivity index (χ0n) is 9.95. The highest BCUT2D eigenvalue weighted by Crippen LogP contribution is 2.35. The van der Waals surface area contributed by atoms with Gasteiger partial charge in [-0.2, -0.15) is 0 Å². The van der Waals surface area contributed by atoms with Crippen molar-refractivity contribution in [2.75, 3.05) is 10.6 Å². The Balaban J connectivity index is 2.15. The number of nitrogens with one attached hydrogen (secondary N) is 2. The van der Waals surface area contributed by atoms with Gasteiger partial charge >= 0.3 is 6.03 Å². The molecule has 2 aromatic rings. The number of urea groups is 1. The van der Waals surface area contributed by atoms with E-state index in [0.717, 1.165) is 4.47 Å². The second-order valence-electron chi connectivity index (χ2n) is 3.84. The van der Waals surface area contributed by atoms with E-state index in [2.05, 4.69) is 26.6 Å². The topological polar surface area (TPSA) is 61.4 Å². The van der Waals surface area contributed by atoms with Crippen LogP contribution < -0.4 is 10.6 Å². The van der Waals surface area contributed by atoms with Crippen LogP contribution in [0.3, 0.4) is 0 Å². The summed E-state index contributed by atoms with van der Waals surface area (Å²) >= 11 is 14.9. The molecule has 0 heterocycles. The van der Waals surface area contributed by atoms with Crippen LogP contribution in [0.1, 0.15) is 0 Å². The first-order valence-electron chi connectivity index (χ1n) is 5.48. The summed E-state index contributed by atoms with van der Waals surface area (Å²) < 4.78 is 0.739. The molecule has 0 aromatic heterocycles. The van der Waals surface area contributed by atoms with E-state index in [9.17, 15) is 9.90 Å². The van der Waals surface area contributed by atoms with Gasteiger partial charge in [0.2, 0.25) is 0 Å². The van der Waals surface area contributed by atoms with E-state index in [-0.39, 0.29) is 16.5 Å². The molecule has 0 unspecified atom stereocenters. The molecule has 104 valence electrons. The van der Waals surface area contributed by atoms with Crippen molar-refractivity contribution in [2.24, 2.45) is 0 Å². The van der Waals surface area contributed by atoms with Crippen molar-refractivity contribution >= 4 is 56.5 Å². The van der Waals surface area contributed by atoms with Crippen LogP contribution in [0.5, 0.6) is 5.75 Å².